The monoisotopic (exact) mass is 228 g/mol. The van der Waals surface area contributed by atoms with Crippen LogP contribution in [0.4, 0.5) is 0 Å². The van der Waals surface area contributed by atoms with Gasteiger partial charge >= 0.3 is 11.7 Å². The van der Waals surface area contributed by atoms with E-state index in [4.69, 9.17) is 4.74 Å². The van der Waals surface area contributed by atoms with Gasteiger partial charge in [-0.05, 0) is 6.92 Å². The number of esters is 1. The summed E-state index contributed by atoms with van der Waals surface area (Å²) in [5, 5.41) is 0. The van der Waals surface area contributed by atoms with Gasteiger partial charge in [0.05, 0.1) is 0 Å². The molecule has 1 atom stereocenters. The zero-order chi connectivity index (χ0) is 12.1. The van der Waals surface area contributed by atoms with Gasteiger partial charge in [0.2, 0.25) is 6.29 Å². The van der Waals surface area contributed by atoms with E-state index in [1.165, 1.54) is 26.1 Å². The Bertz CT molecular complexity index is 475. The van der Waals surface area contributed by atoms with Crippen molar-refractivity contribution in [2.75, 3.05) is 0 Å². The van der Waals surface area contributed by atoms with Gasteiger partial charge in [-0.1, -0.05) is 0 Å². The van der Waals surface area contributed by atoms with Crippen LogP contribution in [-0.4, -0.2) is 21.8 Å². The first-order valence-electron chi connectivity index (χ1n) is 4.57. The zero-order valence-corrected chi connectivity index (χ0v) is 8.93. The summed E-state index contributed by atoms with van der Waals surface area (Å²) < 4.78 is 10.9. The molecule has 7 nitrogen and oxygen atoms in total. The molecule has 0 aliphatic carbocycles. The molecule has 0 aliphatic heterocycles. The fraction of sp³-hybridized carbons (Fsp3) is 0.444. The molecular formula is C9H12N2O5. The van der Waals surface area contributed by atoms with Crippen LogP contribution in [0.25, 0.3) is 0 Å². The summed E-state index contributed by atoms with van der Waals surface area (Å²) in [6, 6.07) is 1.20. The lowest BCUT2D eigenvalue weighted by Gasteiger charge is -2.13. The van der Waals surface area contributed by atoms with Crippen LogP contribution < -0.4 is 11.2 Å². The molecule has 1 unspecified atom stereocenters. The molecule has 0 saturated heterocycles. The molecule has 1 heterocycles. The van der Waals surface area contributed by atoms with Gasteiger partial charge in [0.1, 0.15) is 6.73 Å². The molecule has 1 aromatic heterocycles. The smallest absolute Gasteiger partial charge is 0.330 e. The summed E-state index contributed by atoms with van der Waals surface area (Å²) in [5.74, 6) is -0.471. The Morgan fingerprint density at radius 1 is 1.56 bits per heavy atom. The van der Waals surface area contributed by atoms with E-state index >= 15 is 0 Å². The zero-order valence-electron chi connectivity index (χ0n) is 8.93. The second kappa shape index (κ2) is 5.26. The molecule has 0 saturated carbocycles. The van der Waals surface area contributed by atoms with Crippen LogP contribution in [0.2, 0.25) is 0 Å². The lowest BCUT2D eigenvalue weighted by molar-refractivity contribution is -0.179. The van der Waals surface area contributed by atoms with Crippen molar-refractivity contribution < 1.29 is 14.3 Å². The predicted octanol–water partition coefficient (Wildman–Crippen LogP) is -0.580. The average molecular weight is 228 g/mol. The van der Waals surface area contributed by atoms with Crippen LogP contribution in [0.1, 0.15) is 13.8 Å². The van der Waals surface area contributed by atoms with Gasteiger partial charge in [0, 0.05) is 19.2 Å². The van der Waals surface area contributed by atoms with Gasteiger partial charge in [-0.15, -0.1) is 0 Å². The number of aromatic nitrogens is 2. The fourth-order valence-corrected chi connectivity index (χ4v) is 0.999. The predicted molar refractivity (Wildman–Crippen MR) is 53.6 cm³/mol. The van der Waals surface area contributed by atoms with Crippen molar-refractivity contribution in [2.45, 2.75) is 26.9 Å². The lowest BCUT2D eigenvalue weighted by Crippen LogP contribution is -2.30. The van der Waals surface area contributed by atoms with Gasteiger partial charge < -0.3 is 9.47 Å². The number of aromatic amines is 1. The van der Waals surface area contributed by atoms with Crippen molar-refractivity contribution in [1.82, 2.24) is 9.55 Å². The summed E-state index contributed by atoms with van der Waals surface area (Å²) in [6.45, 7) is 2.67. The third-order valence-electron chi connectivity index (χ3n) is 1.68. The minimum Gasteiger partial charge on any atom is -0.436 e. The number of nitrogens with zero attached hydrogens (tertiary/aromatic N) is 1. The van der Waals surface area contributed by atoms with E-state index in [9.17, 15) is 14.4 Å². The quantitative estimate of drug-likeness (QED) is 0.550. The highest BCUT2D eigenvalue weighted by Gasteiger charge is 2.05. The fourth-order valence-electron chi connectivity index (χ4n) is 0.999. The molecule has 7 heteroatoms. The van der Waals surface area contributed by atoms with Gasteiger partial charge in [-0.25, -0.2) is 4.79 Å². The highest BCUT2D eigenvalue weighted by atomic mass is 16.7. The Morgan fingerprint density at radius 2 is 2.25 bits per heavy atom. The third kappa shape index (κ3) is 3.70. The van der Waals surface area contributed by atoms with Gasteiger partial charge in [-0.3, -0.25) is 19.1 Å². The number of rotatable bonds is 4. The molecule has 0 spiro atoms. The molecule has 0 aliphatic rings. The minimum absolute atomic E-state index is 0.107. The van der Waals surface area contributed by atoms with Crippen LogP contribution in [-0.2, 0) is 21.0 Å². The molecule has 0 amide bonds. The van der Waals surface area contributed by atoms with Gasteiger partial charge in [-0.2, -0.15) is 0 Å². The molecule has 0 fully saturated rings. The molecule has 88 valence electrons. The molecule has 0 aromatic carbocycles. The average Bonchev–Trinajstić information content (AvgIpc) is 2.15. The molecular weight excluding hydrogens is 216 g/mol. The summed E-state index contributed by atoms with van der Waals surface area (Å²) >= 11 is 0. The summed E-state index contributed by atoms with van der Waals surface area (Å²) in [4.78, 5) is 34.6. The largest absolute Gasteiger partial charge is 0.436 e. The number of ether oxygens (including phenoxy) is 2. The first-order chi connectivity index (χ1) is 7.49. The van der Waals surface area contributed by atoms with Crippen LogP contribution in [0.3, 0.4) is 0 Å². The number of nitrogens with one attached hydrogen (secondary N) is 1. The van der Waals surface area contributed by atoms with Gasteiger partial charge in [0.25, 0.3) is 5.56 Å². The van der Waals surface area contributed by atoms with Crippen LogP contribution in [0.15, 0.2) is 21.9 Å². The van der Waals surface area contributed by atoms with Crippen molar-refractivity contribution in [3.8, 4) is 0 Å². The maximum Gasteiger partial charge on any atom is 0.330 e. The number of H-pyrrole nitrogens is 1. The SMILES string of the molecule is CC(=O)OC(C)OCn1ccc(=O)[nH]c1=O. The molecule has 1 aromatic rings. The van der Waals surface area contributed by atoms with E-state index in [2.05, 4.69) is 9.72 Å². The number of hydrogen-bond donors (Lipinski definition) is 1. The van der Waals surface area contributed by atoms with Crippen molar-refractivity contribution in [3.05, 3.63) is 33.1 Å². The maximum absolute atomic E-state index is 11.2. The normalized spacial score (nSPS) is 12.1. The van der Waals surface area contributed by atoms with E-state index < -0.39 is 23.5 Å². The first kappa shape index (κ1) is 12.2. The Labute approximate surface area is 90.6 Å². The first-order valence-corrected chi connectivity index (χ1v) is 4.57. The van der Waals surface area contributed by atoms with E-state index in [0.29, 0.717) is 0 Å². The Hall–Kier alpha value is -1.89. The third-order valence-corrected chi connectivity index (χ3v) is 1.68. The van der Waals surface area contributed by atoms with Crippen LogP contribution in [0, 0.1) is 0 Å². The second-order valence-electron chi connectivity index (χ2n) is 3.05. The van der Waals surface area contributed by atoms with Gasteiger partial charge in [0.15, 0.2) is 0 Å². The van der Waals surface area contributed by atoms with Crippen LogP contribution >= 0.6 is 0 Å². The highest BCUT2D eigenvalue weighted by molar-refractivity contribution is 5.65. The summed E-state index contributed by atoms with van der Waals surface area (Å²) in [5.41, 5.74) is -1.06. The molecule has 0 radical (unpaired) electrons. The van der Waals surface area contributed by atoms with Crippen molar-refractivity contribution in [1.29, 1.82) is 0 Å². The maximum atomic E-state index is 11.2. The molecule has 1 rings (SSSR count). The molecule has 16 heavy (non-hydrogen) atoms. The minimum atomic E-state index is -0.753. The lowest BCUT2D eigenvalue weighted by atomic mass is 10.6. The Balaban J connectivity index is 2.58. The number of carbonyl (C=O) groups is 1. The van der Waals surface area contributed by atoms with E-state index in [0.717, 1.165) is 4.57 Å². The van der Waals surface area contributed by atoms with Crippen molar-refractivity contribution >= 4 is 5.97 Å². The van der Waals surface area contributed by atoms with Crippen molar-refractivity contribution in [2.24, 2.45) is 0 Å². The number of carbonyl (C=O) groups excluding carboxylic acids is 1. The van der Waals surface area contributed by atoms with Crippen LogP contribution in [0.5, 0.6) is 0 Å². The standard InChI is InChI=1S/C9H12N2O5/c1-6(12)16-7(2)15-5-11-4-3-8(13)10-9(11)14/h3-4,7H,5H2,1-2H3,(H,10,13,14). The second-order valence-corrected chi connectivity index (χ2v) is 3.05. The Kier molecular flexibility index (Phi) is 4.01. The number of hydrogen-bond acceptors (Lipinski definition) is 5. The topological polar surface area (TPSA) is 90.4 Å². The van der Waals surface area contributed by atoms with E-state index in [-0.39, 0.29) is 6.73 Å². The highest BCUT2D eigenvalue weighted by Crippen LogP contribution is 1.94. The molecule has 0 bridgehead atoms. The molecule has 1 N–H and O–H groups in total. The van der Waals surface area contributed by atoms with Crippen molar-refractivity contribution in [3.63, 3.8) is 0 Å². The summed E-state index contributed by atoms with van der Waals surface area (Å²) in [6.07, 6.45) is 0.540. The summed E-state index contributed by atoms with van der Waals surface area (Å²) in [7, 11) is 0. The van der Waals surface area contributed by atoms with E-state index in [1.54, 1.807) is 0 Å². The van der Waals surface area contributed by atoms with E-state index in [1.807, 2.05) is 0 Å². The Morgan fingerprint density at radius 3 is 2.81 bits per heavy atom.